The molecule has 1 aliphatic rings. The fraction of sp³-hybridized carbons (Fsp3) is 0.250. The number of anilines is 1. The Morgan fingerprint density at radius 2 is 1.68 bits per heavy atom. The molecule has 4 aromatic carbocycles. The van der Waals surface area contributed by atoms with Crippen molar-refractivity contribution in [2.75, 3.05) is 18.1 Å². The molecular formula is C32H28F3N3O2. The molecule has 8 heteroatoms. The number of halogens is 3. The van der Waals surface area contributed by atoms with Crippen LogP contribution in [0, 0.1) is 0 Å². The Balaban J connectivity index is 1.17. The first kappa shape index (κ1) is 25.9. The highest BCUT2D eigenvalue weighted by atomic mass is 19.4. The lowest BCUT2D eigenvalue weighted by molar-refractivity contribution is -0.137. The highest BCUT2D eigenvalue weighted by molar-refractivity contribution is 5.96. The number of ether oxygens (including phenoxy) is 1. The number of fused-ring (bicyclic) bond motifs is 2. The van der Waals surface area contributed by atoms with Crippen molar-refractivity contribution in [3.05, 3.63) is 102 Å². The Labute approximate surface area is 229 Å². The molecule has 6 rings (SSSR count). The van der Waals surface area contributed by atoms with Crippen LogP contribution >= 0.6 is 0 Å². The zero-order valence-corrected chi connectivity index (χ0v) is 21.8. The summed E-state index contributed by atoms with van der Waals surface area (Å²) in [5.74, 6) is 1.23. The Bertz CT molecular complexity index is 1670. The van der Waals surface area contributed by atoms with Crippen molar-refractivity contribution in [2.45, 2.75) is 37.9 Å². The highest BCUT2D eigenvalue weighted by Crippen LogP contribution is 2.36. The van der Waals surface area contributed by atoms with Gasteiger partial charge in [0, 0.05) is 36.5 Å². The number of rotatable bonds is 8. The van der Waals surface area contributed by atoms with Gasteiger partial charge in [0.2, 0.25) is 5.91 Å². The maximum absolute atomic E-state index is 13.3. The molecule has 1 fully saturated rings. The second-order valence-corrected chi connectivity index (χ2v) is 10.1. The number of hydrogen-bond acceptors (Lipinski definition) is 3. The smallest absolute Gasteiger partial charge is 0.416 e. The standard InChI is InChI=1S/C32H28F3N3O2/c33-32(34,35)24-11-8-12-25(20-24)38-21-23(19-30(38)39)31-36-27-14-3-4-15-28(27)37(31)17-5-6-18-40-29-16-7-10-22-9-1-2-13-26(22)29/h1-4,7-16,20,23H,5-6,17-19,21H2. The van der Waals surface area contributed by atoms with E-state index in [0.29, 0.717) is 13.2 Å². The number of carbonyl (C=O) groups is 1. The van der Waals surface area contributed by atoms with Crippen LogP contribution in [0.25, 0.3) is 21.8 Å². The van der Waals surface area contributed by atoms with Crippen LogP contribution < -0.4 is 9.64 Å². The quantitative estimate of drug-likeness (QED) is 0.190. The summed E-state index contributed by atoms with van der Waals surface area (Å²) in [5, 5.41) is 2.23. The zero-order valence-electron chi connectivity index (χ0n) is 21.8. The Kier molecular flexibility index (Phi) is 6.92. The van der Waals surface area contributed by atoms with E-state index < -0.39 is 11.7 Å². The number of unbranched alkanes of at least 4 members (excludes halogenated alkanes) is 1. The van der Waals surface area contributed by atoms with Crippen molar-refractivity contribution >= 4 is 33.4 Å². The molecule has 0 spiro atoms. The molecule has 5 aromatic rings. The maximum Gasteiger partial charge on any atom is 0.416 e. The Hall–Kier alpha value is -4.33. The van der Waals surface area contributed by atoms with Crippen molar-refractivity contribution in [3.63, 3.8) is 0 Å². The third-order valence-corrected chi connectivity index (χ3v) is 7.44. The number of alkyl halides is 3. The lowest BCUT2D eigenvalue weighted by Crippen LogP contribution is -2.25. The molecule has 0 saturated carbocycles. The normalized spacial score (nSPS) is 15.8. The van der Waals surface area contributed by atoms with Crippen molar-refractivity contribution in [2.24, 2.45) is 0 Å². The Morgan fingerprint density at radius 3 is 2.55 bits per heavy atom. The van der Waals surface area contributed by atoms with Gasteiger partial charge in [-0.1, -0.05) is 54.6 Å². The van der Waals surface area contributed by atoms with Crippen LogP contribution in [0.1, 0.15) is 36.6 Å². The van der Waals surface area contributed by atoms with Crippen LogP contribution in [0.5, 0.6) is 5.75 Å². The highest BCUT2D eigenvalue weighted by Gasteiger charge is 2.36. The van der Waals surface area contributed by atoms with Gasteiger partial charge >= 0.3 is 6.18 Å². The number of aryl methyl sites for hydroxylation is 1. The van der Waals surface area contributed by atoms with Gasteiger partial charge in [0.25, 0.3) is 0 Å². The van der Waals surface area contributed by atoms with E-state index in [0.717, 1.165) is 58.4 Å². The SMILES string of the molecule is O=C1CC(c2nc3ccccc3n2CCCCOc2cccc3ccccc23)CN1c1cccc(C(F)(F)F)c1. The number of aromatic nitrogens is 2. The van der Waals surface area contributed by atoms with Gasteiger partial charge in [-0.3, -0.25) is 4.79 Å². The van der Waals surface area contributed by atoms with Gasteiger partial charge in [-0.25, -0.2) is 4.98 Å². The molecule has 1 aliphatic heterocycles. The summed E-state index contributed by atoms with van der Waals surface area (Å²) in [4.78, 5) is 19.3. The summed E-state index contributed by atoms with van der Waals surface area (Å²) >= 11 is 0. The van der Waals surface area contributed by atoms with Gasteiger partial charge in [-0.05, 0) is 54.6 Å². The monoisotopic (exact) mass is 543 g/mol. The summed E-state index contributed by atoms with van der Waals surface area (Å²) in [6.07, 6.45) is -2.60. The van der Waals surface area contributed by atoms with Gasteiger partial charge in [-0.15, -0.1) is 0 Å². The number of imidazole rings is 1. The van der Waals surface area contributed by atoms with E-state index in [4.69, 9.17) is 9.72 Å². The van der Waals surface area contributed by atoms with Crippen LogP contribution in [0.4, 0.5) is 18.9 Å². The van der Waals surface area contributed by atoms with E-state index >= 15 is 0 Å². The molecule has 1 atom stereocenters. The molecular weight excluding hydrogens is 515 g/mol. The van der Waals surface area contributed by atoms with Gasteiger partial charge < -0.3 is 14.2 Å². The van der Waals surface area contributed by atoms with E-state index in [2.05, 4.69) is 22.8 Å². The van der Waals surface area contributed by atoms with Crippen LogP contribution in [0.15, 0.2) is 91.0 Å². The average molecular weight is 544 g/mol. The first-order valence-electron chi connectivity index (χ1n) is 13.4. The summed E-state index contributed by atoms with van der Waals surface area (Å²) in [7, 11) is 0. The summed E-state index contributed by atoms with van der Waals surface area (Å²) < 4.78 is 48.1. The maximum atomic E-state index is 13.3. The molecule has 204 valence electrons. The predicted octanol–water partition coefficient (Wildman–Crippen LogP) is 7.59. The second kappa shape index (κ2) is 10.7. The molecule has 2 heterocycles. The summed E-state index contributed by atoms with van der Waals surface area (Å²) in [6.45, 7) is 1.55. The molecule has 0 aliphatic carbocycles. The number of amides is 1. The molecule has 0 bridgehead atoms. The fourth-order valence-electron chi connectivity index (χ4n) is 5.50. The molecule has 1 amide bonds. The number of para-hydroxylation sites is 2. The second-order valence-electron chi connectivity index (χ2n) is 10.1. The summed E-state index contributed by atoms with van der Waals surface area (Å²) in [5.41, 5.74) is 1.32. The van der Waals surface area contributed by atoms with Gasteiger partial charge in [0.15, 0.2) is 0 Å². The minimum atomic E-state index is -4.47. The van der Waals surface area contributed by atoms with Crippen molar-refractivity contribution in [1.29, 1.82) is 0 Å². The lowest BCUT2D eigenvalue weighted by atomic mass is 10.1. The molecule has 1 unspecified atom stereocenters. The van der Waals surface area contributed by atoms with E-state index in [-0.39, 0.29) is 30.5 Å². The number of carbonyl (C=O) groups excluding carboxylic acids is 1. The largest absolute Gasteiger partial charge is 0.493 e. The van der Waals surface area contributed by atoms with Crippen molar-refractivity contribution in [1.82, 2.24) is 9.55 Å². The molecule has 1 aromatic heterocycles. The fourth-order valence-corrected chi connectivity index (χ4v) is 5.50. The zero-order chi connectivity index (χ0) is 27.7. The first-order valence-corrected chi connectivity index (χ1v) is 13.4. The van der Waals surface area contributed by atoms with E-state index in [1.54, 1.807) is 6.07 Å². The van der Waals surface area contributed by atoms with Gasteiger partial charge in [0.05, 0.1) is 23.2 Å². The van der Waals surface area contributed by atoms with Crippen molar-refractivity contribution < 1.29 is 22.7 Å². The summed E-state index contributed by atoms with van der Waals surface area (Å²) in [6, 6.07) is 27.0. The van der Waals surface area contributed by atoms with Crippen LogP contribution in [0.3, 0.4) is 0 Å². The lowest BCUT2D eigenvalue weighted by Gasteiger charge is -2.19. The van der Waals surface area contributed by atoms with Crippen LogP contribution in [0.2, 0.25) is 0 Å². The number of benzene rings is 4. The topological polar surface area (TPSA) is 47.4 Å². The van der Waals surface area contributed by atoms with Crippen LogP contribution in [-0.4, -0.2) is 28.6 Å². The molecule has 0 radical (unpaired) electrons. The molecule has 5 nitrogen and oxygen atoms in total. The number of nitrogens with zero attached hydrogens (tertiary/aromatic N) is 3. The van der Waals surface area contributed by atoms with Crippen LogP contribution in [-0.2, 0) is 17.5 Å². The molecule has 1 saturated heterocycles. The number of hydrogen-bond donors (Lipinski definition) is 0. The van der Waals surface area contributed by atoms with Crippen molar-refractivity contribution in [3.8, 4) is 5.75 Å². The Morgan fingerprint density at radius 1 is 0.900 bits per heavy atom. The minimum Gasteiger partial charge on any atom is -0.493 e. The van der Waals surface area contributed by atoms with Gasteiger partial charge in [0.1, 0.15) is 11.6 Å². The third kappa shape index (κ3) is 5.13. The first-order chi connectivity index (χ1) is 19.4. The van der Waals surface area contributed by atoms with E-state index in [1.807, 2.05) is 48.5 Å². The predicted molar refractivity (Wildman–Crippen MR) is 150 cm³/mol. The molecule has 40 heavy (non-hydrogen) atoms. The van der Waals surface area contributed by atoms with E-state index in [9.17, 15) is 18.0 Å². The third-order valence-electron chi connectivity index (χ3n) is 7.44. The minimum absolute atomic E-state index is 0.198. The van der Waals surface area contributed by atoms with Gasteiger partial charge in [-0.2, -0.15) is 13.2 Å². The molecule has 0 N–H and O–H groups in total. The van der Waals surface area contributed by atoms with E-state index in [1.165, 1.54) is 11.0 Å². The average Bonchev–Trinajstić information content (AvgIpc) is 3.53.